The zero-order valence-electron chi connectivity index (χ0n) is 13.1. The first-order chi connectivity index (χ1) is 11.2. The predicted molar refractivity (Wildman–Crippen MR) is 90.6 cm³/mol. The molecular formula is C19H22N2O2. The molecular weight excluding hydrogens is 288 g/mol. The molecule has 0 saturated carbocycles. The second-order valence-electron chi connectivity index (χ2n) is 6.08. The molecule has 120 valence electrons. The van der Waals surface area contributed by atoms with Crippen LogP contribution in [-0.4, -0.2) is 41.7 Å². The molecule has 3 rings (SSSR count). The van der Waals surface area contributed by atoms with Crippen LogP contribution in [0.3, 0.4) is 0 Å². The van der Waals surface area contributed by atoms with E-state index in [1.807, 2.05) is 18.2 Å². The van der Waals surface area contributed by atoms with Crippen LogP contribution in [0.1, 0.15) is 21.5 Å². The summed E-state index contributed by atoms with van der Waals surface area (Å²) >= 11 is 0. The SMILES string of the molecule is O=C(O)c1ccc(CN2CCN[C@H](Cc3ccccc3)C2)cc1. The van der Waals surface area contributed by atoms with Crippen LogP contribution in [0.4, 0.5) is 0 Å². The van der Waals surface area contributed by atoms with E-state index < -0.39 is 5.97 Å². The van der Waals surface area contributed by atoms with Gasteiger partial charge in [0.1, 0.15) is 0 Å². The fraction of sp³-hybridized carbons (Fsp3) is 0.316. The Morgan fingerprint density at radius 2 is 1.83 bits per heavy atom. The maximum Gasteiger partial charge on any atom is 0.335 e. The molecule has 1 aliphatic heterocycles. The van der Waals surface area contributed by atoms with Gasteiger partial charge >= 0.3 is 5.97 Å². The van der Waals surface area contributed by atoms with E-state index in [0.29, 0.717) is 11.6 Å². The Hall–Kier alpha value is -2.17. The molecule has 4 nitrogen and oxygen atoms in total. The van der Waals surface area contributed by atoms with Gasteiger partial charge in [0.25, 0.3) is 0 Å². The molecule has 0 spiro atoms. The van der Waals surface area contributed by atoms with E-state index in [-0.39, 0.29) is 0 Å². The van der Waals surface area contributed by atoms with Crippen molar-refractivity contribution in [1.82, 2.24) is 10.2 Å². The van der Waals surface area contributed by atoms with Crippen molar-refractivity contribution in [2.45, 2.75) is 19.0 Å². The van der Waals surface area contributed by atoms with Gasteiger partial charge in [-0.25, -0.2) is 4.79 Å². The largest absolute Gasteiger partial charge is 0.478 e. The maximum atomic E-state index is 10.9. The Bertz CT molecular complexity index is 640. The topological polar surface area (TPSA) is 52.6 Å². The van der Waals surface area contributed by atoms with Gasteiger partial charge in [-0.05, 0) is 29.7 Å². The van der Waals surface area contributed by atoms with Gasteiger partial charge in [-0.1, -0.05) is 42.5 Å². The molecule has 2 aromatic carbocycles. The highest BCUT2D eigenvalue weighted by molar-refractivity contribution is 5.87. The van der Waals surface area contributed by atoms with Crippen molar-refractivity contribution in [1.29, 1.82) is 0 Å². The number of carboxylic acid groups (broad SMARTS) is 1. The van der Waals surface area contributed by atoms with Gasteiger partial charge in [0, 0.05) is 32.2 Å². The molecule has 4 heteroatoms. The van der Waals surface area contributed by atoms with Crippen molar-refractivity contribution in [2.24, 2.45) is 0 Å². The summed E-state index contributed by atoms with van der Waals surface area (Å²) in [6, 6.07) is 18.2. The van der Waals surface area contributed by atoms with Gasteiger partial charge in [-0.2, -0.15) is 0 Å². The van der Waals surface area contributed by atoms with E-state index in [0.717, 1.165) is 38.2 Å². The van der Waals surface area contributed by atoms with Crippen LogP contribution in [0.25, 0.3) is 0 Å². The smallest absolute Gasteiger partial charge is 0.335 e. The molecule has 2 aromatic rings. The number of hydrogen-bond acceptors (Lipinski definition) is 3. The molecule has 2 N–H and O–H groups in total. The average molecular weight is 310 g/mol. The van der Waals surface area contributed by atoms with Gasteiger partial charge in [0.15, 0.2) is 0 Å². The van der Waals surface area contributed by atoms with Gasteiger partial charge in [0.05, 0.1) is 5.56 Å². The Morgan fingerprint density at radius 3 is 2.52 bits per heavy atom. The van der Waals surface area contributed by atoms with Crippen molar-refractivity contribution < 1.29 is 9.90 Å². The maximum absolute atomic E-state index is 10.9. The lowest BCUT2D eigenvalue weighted by molar-refractivity contribution is 0.0697. The molecule has 0 radical (unpaired) electrons. The predicted octanol–water partition coefficient (Wildman–Crippen LogP) is 2.40. The summed E-state index contributed by atoms with van der Waals surface area (Å²) in [6.07, 6.45) is 1.04. The van der Waals surface area contributed by atoms with Crippen molar-refractivity contribution in [2.75, 3.05) is 19.6 Å². The summed E-state index contributed by atoms with van der Waals surface area (Å²) < 4.78 is 0. The van der Waals surface area contributed by atoms with E-state index in [4.69, 9.17) is 5.11 Å². The molecule has 0 aliphatic carbocycles. The fourth-order valence-electron chi connectivity index (χ4n) is 3.08. The van der Waals surface area contributed by atoms with Gasteiger partial charge in [-0.3, -0.25) is 4.90 Å². The number of aromatic carboxylic acids is 1. The van der Waals surface area contributed by atoms with E-state index in [1.54, 1.807) is 12.1 Å². The highest BCUT2D eigenvalue weighted by Crippen LogP contribution is 2.12. The summed E-state index contributed by atoms with van der Waals surface area (Å²) in [7, 11) is 0. The highest BCUT2D eigenvalue weighted by atomic mass is 16.4. The lowest BCUT2D eigenvalue weighted by atomic mass is 10.0. The summed E-state index contributed by atoms with van der Waals surface area (Å²) in [5, 5.41) is 12.5. The van der Waals surface area contributed by atoms with Crippen LogP contribution in [0.2, 0.25) is 0 Å². The number of benzene rings is 2. The first kappa shape index (κ1) is 15.7. The third kappa shape index (κ3) is 4.41. The quantitative estimate of drug-likeness (QED) is 0.890. The lowest BCUT2D eigenvalue weighted by Crippen LogP contribution is -2.51. The van der Waals surface area contributed by atoms with E-state index in [2.05, 4.69) is 34.5 Å². The third-order valence-electron chi connectivity index (χ3n) is 4.27. The van der Waals surface area contributed by atoms with E-state index in [1.165, 1.54) is 5.56 Å². The normalized spacial score (nSPS) is 18.7. The number of carboxylic acids is 1. The first-order valence-corrected chi connectivity index (χ1v) is 8.02. The van der Waals surface area contributed by atoms with E-state index >= 15 is 0 Å². The minimum atomic E-state index is -0.873. The molecule has 0 amide bonds. The molecule has 1 atom stereocenters. The van der Waals surface area contributed by atoms with Crippen LogP contribution in [0.5, 0.6) is 0 Å². The third-order valence-corrected chi connectivity index (χ3v) is 4.27. The van der Waals surface area contributed by atoms with E-state index in [9.17, 15) is 4.79 Å². The van der Waals surface area contributed by atoms with Crippen LogP contribution >= 0.6 is 0 Å². The fourth-order valence-corrected chi connectivity index (χ4v) is 3.08. The summed E-state index contributed by atoms with van der Waals surface area (Å²) in [5.74, 6) is -0.873. The molecule has 0 bridgehead atoms. The highest BCUT2D eigenvalue weighted by Gasteiger charge is 2.19. The molecule has 1 aliphatic rings. The summed E-state index contributed by atoms with van der Waals surface area (Å²) in [6.45, 7) is 3.89. The monoisotopic (exact) mass is 310 g/mol. The standard InChI is InChI=1S/C19H22N2O2/c22-19(23)17-8-6-16(7-9-17)13-21-11-10-20-18(14-21)12-15-4-2-1-3-5-15/h1-9,18,20H,10-14H2,(H,22,23)/t18-/m1/s1. The van der Waals surface area contributed by atoms with Crippen molar-refractivity contribution in [3.8, 4) is 0 Å². The Kier molecular flexibility index (Phi) is 5.05. The lowest BCUT2D eigenvalue weighted by Gasteiger charge is -2.34. The summed E-state index contributed by atoms with van der Waals surface area (Å²) in [4.78, 5) is 13.3. The van der Waals surface area contributed by atoms with Gasteiger partial charge in [0.2, 0.25) is 0 Å². The molecule has 0 unspecified atom stereocenters. The molecule has 0 aromatic heterocycles. The van der Waals surface area contributed by atoms with Gasteiger partial charge < -0.3 is 10.4 Å². The Balaban J connectivity index is 1.57. The zero-order valence-corrected chi connectivity index (χ0v) is 13.1. The Morgan fingerprint density at radius 1 is 1.09 bits per heavy atom. The molecule has 1 heterocycles. The second-order valence-corrected chi connectivity index (χ2v) is 6.08. The molecule has 1 fully saturated rings. The summed E-state index contributed by atoms with van der Waals surface area (Å²) in [5.41, 5.74) is 2.86. The van der Waals surface area contributed by atoms with Crippen LogP contribution in [0, 0.1) is 0 Å². The minimum absolute atomic E-state index is 0.344. The second kappa shape index (κ2) is 7.40. The minimum Gasteiger partial charge on any atom is -0.478 e. The number of nitrogens with one attached hydrogen (secondary N) is 1. The average Bonchev–Trinajstić information content (AvgIpc) is 2.57. The molecule has 23 heavy (non-hydrogen) atoms. The van der Waals surface area contributed by atoms with Crippen LogP contribution in [-0.2, 0) is 13.0 Å². The number of rotatable bonds is 5. The molecule has 1 saturated heterocycles. The van der Waals surface area contributed by atoms with Gasteiger partial charge in [-0.15, -0.1) is 0 Å². The first-order valence-electron chi connectivity index (χ1n) is 8.02. The van der Waals surface area contributed by atoms with Crippen molar-refractivity contribution in [3.05, 3.63) is 71.3 Å². The van der Waals surface area contributed by atoms with Crippen LogP contribution in [0.15, 0.2) is 54.6 Å². The Labute approximate surface area is 136 Å². The number of hydrogen-bond donors (Lipinski definition) is 2. The zero-order chi connectivity index (χ0) is 16.1. The van der Waals surface area contributed by atoms with Crippen LogP contribution < -0.4 is 5.32 Å². The number of carbonyl (C=O) groups is 1. The van der Waals surface area contributed by atoms with Crippen molar-refractivity contribution in [3.63, 3.8) is 0 Å². The van der Waals surface area contributed by atoms with Crippen molar-refractivity contribution >= 4 is 5.97 Å². The number of nitrogens with zero attached hydrogens (tertiary/aromatic N) is 1. The number of piperazine rings is 1.